The number of rotatable bonds is 6. The summed E-state index contributed by atoms with van der Waals surface area (Å²) in [6.45, 7) is 1.40. The van der Waals surface area contributed by atoms with Gasteiger partial charge in [0.1, 0.15) is 17.0 Å². The molecule has 0 saturated carbocycles. The van der Waals surface area contributed by atoms with E-state index >= 15 is 0 Å². The van der Waals surface area contributed by atoms with Crippen molar-refractivity contribution >= 4 is 33.3 Å². The van der Waals surface area contributed by atoms with Gasteiger partial charge in [-0.25, -0.2) is 19.9 Å². The first-order chi connectivity index (χ1) is 12.4. The van der Waals surface area contributed by atoms with Gasteiger partial charge >= 0.3 is 0 Å². The minimum Gasteiger partial charge on any atom is -0.368 e. The summed E-state index contributed by atoms with van der Waals surface area (Å²) in [6.07, 6.45) is 5.03. The summed E-state index contributed by atoms with van der Waals surface area (Å²) in [5.41, 5.74) is 2.32. The highest BCUT2D eigenvalue weighted by molar-refractivity contribution is 7.17. The van der Waals surface area contributed by atoms with Gasteiger partial charge in [0.05, 0.1) is 5.39 Å². The van der Waals surface area contributed by atoms with Gasteiger partial charge in [0.2, 0.25) is 5.95 Å². The van der Waals surface area contributed by atoms with Gasteiger partial charge in [0, 0.05) is 36.4 Å². The lowest BCUT2D eigenvalue weighted by Gasteiger charge is -2.09. The van der Waals surface area contributed by atoms with E-state index in [9.17, 15) is 0 Å². The highest BCUT2D eigenvalue weighted by atomic mass is 32.1. The first-order valence-electron chi connectivity index (χ1n) is 7.94. The standard InChI is InChI=1S/C18H16N6S/c1-2-5-13(6-3-1)14-11-25-17-15(14)16(23-12-24-17)19-9-10-22-18-20-7-4-8-21-18/h1-8,11-12H,9-10H2,(H,19,23,24)(H,20,21,22). The molecule has 0 bridgehead atoms. The van der Waals surface area contributed by atoms with E-state index in [2.05, 4.69) is 48.1 Å². The minimum atomic E-state index is 0.623. The highest BCUT2D eigenvalue weighted by Gasteiger charge is 2.12. The second-order valence-corrected chi connectivity index (χ2v) is 6.20. The van der Waals surface area contributed by atoms with E-state index < -0.39 is 0 Å². The Bertz CT molecular complexity index is 955. The fraction of sp³-hybridized carbons (Fsp3) is 0.111. The summed E-state index contributed by atoms with van der Waals surface area (Å²) in [5, 5.41) is 9.77. The first kappa shape index (κ1) is 15.5. The molecular weight excluding hydrogens is 332 g/mol. The topological polar surface area (TPSA) is 75.6 Å². The Hall–Kier alpha value is -3.06. The van der Waals surface area contributed by atoms with Crippen molar-refractivity contribution in [2.45, 2.75) is 0 Å². The Morgan fingerprint density at radius 2 is 1.64 bits per heavy atom. The largest absolute Gasteiger partial charge is 0.368 e. The van der Waals surface area contributed by atoms with Crippen LogP contribution in [0.2, 0.25) is 0 Å². The minimum absolute atomic E-state index is 0.623. The van der Waals surface area contributed by atoms with Crippen molar-refractivity contribution in [3.8, 4) is 11.1 Å². The normalized spacial score (nSPS) is 10.7. The van der Waals surface area contributed by atoms with Gasteiger partial charge in [-0.2, -0.15) is 0 Å². The molecular formula is C18H16N6S. The summed E-state index contributed by atoms with van der Waals surface area (Å²) < 4.78 is 0. The maximum absolute atomic E-state index is 4.44. The van der Waals surface area contributed by atoms with Crippen LogP contribution in [-0.4, -0.2) is 33.0 Å². The van der Waals surface area contributed by atoms with Crippen LogP contribution in [0.1, 0.15) is 0 Å². The summed E-state index contributed by atoms with van der Waals surface area (Å²) in [6, 6.07) is 12.1. The van der Waals surface area contributed by atoms with Gasteiger partial charge < -0.3 is 10.6 Å². The van der Waals surface area contributed by atoms with Crippen molar-refractivity contribution in [3.63, 3.8) is 0 Å². The van der Waals surface area contributed by atoms with E-state index in [1.54, 1.807) is 36.1 Å². The lowest BCUT2D eigenvalue weighted by molar-refractivity contribution is 1.02. The maximum atomic E-state index is 4.44. The molecule has 0 unspecified atom stereocenters. The Morgan fingerprint density at radius 3 is 2.48 bits per heavy atom. The summed E-state index contributed by atoms with van der Waals surface area (Å²) >= 11 is 1.63. The smallest absolute Gasteiger partial charge is 0.222 e. The number of nitrogens with one attached hydrogen (secondary N) is 2. The number of benzene rings is 1. The molecule has 0 atom stereocenters. The lowest BCUT2D eigenvalue weighted by Crippen LogP contribution is -2.15. The molecule has 0 spiro atoms. The molecule has 7 heteroatoms. The van der Waals surface area contributed by atoms with Crippen LogP contribution in [-0.2, 0) is 0 Å². The van der Waals surface area contributed by atoms with E-state index in [0.29, 0.717) is 19.0 Å². The van der Waals surface area contributed by atoms with Crippen molar-refractivity contribution in [2.75, 3.05) is 23.7 Å². The van der Waals surface area contributed by atoms with Crippen molar-refractivity contribution in [2.24, 2.45) is 0 Å². The average molecular weight is 348 g/mol. The van der Waals surface area contributed by atoms with Crippen LogP contribution >= 0.6 is 11.3 Å². The van der Waals surface area contributed by atoms with Crippen LogP contribution in [0.15, 0.2) is 60.5 Å². The summed E-state index contributed by atoms with van der Waals surface area (Å²) in [7, 11) is 0. The molecule has 0 aliphatic carbocycles. The van der Waals surface area contributed by atoms with Crippen molar-refractivity contribution in [1.29, 1.82) is 0 Å². The van der Waals surface area contributed by atoms with Crippen LogP contribution in [0.3, 0.4) is 0 Å². The first-order valence-corrected chi connectivity index (χ1v) is 8.82. The van der Waals surface area contributed by atoms with Crippen LogP contribution in [0.25, 0.3) is 21.3 Å². The number of thiophene rings is 1. The van der Waals surface area contributed by atoms with E-state index in [1.165, 1.54) is 5.56 Å². The molecule has 1 aromatic carbocycles. The molecule has 3 aromatic heterocycles. The third-order valence-electron chi connectivity index (χ3n) is 3.72. The fourth-order valence-electron chi connectivity index (χ4n) is 2.58. The van der Waals surface area contributed by atoms with Crippen LogP contribution in [0, 0.1) is 0 Å². The van der Waals surface area contributed by atoms with Crippen molar-refractivity contribution in [1.82, 2.24) is 19.9 Å². The predicted molar refractivity (Wildman–Crippen MR) is 102 cm³/mol. The third kappa shape index (κ3) is 3.41. The highest BCUT2D eigenvalue weighted by Crippen LogP contribution is 2.36. The average Bonchev–Trinajstić information content (AvgIpc) is 3.12. The fourth-order valence-corrected chi connectivity index (χ4v) is 3.50. The van der Waals surface area contributed by atoms with Crippen LogP contribution < -0.4 is 10.6 Å². The molecule has 25 heavy (non-hydrogen) atoms. The molecule has 4 aromatic rings. The maximum Gasteiger partial charge on any atom is 0.222 e. The number of hydrogen-bond donors (Lipinski definition) is 2. The van der Waals surface area contributed by atoms with Gasteiger partial charge in [-0.15, -0.1) is 11.3 Å². The van der Waals surface area contributed by atoms with E-state index in [1.807, 2.05) is 18.2 Å². The lowest BCUT2D eigenvalue weighted by atomic mass is 10.1. The van der Waals surface area contributed by atoms with Gasteiger partial charge in [0.15, 0.2) is 0 Å². The zero-order chi connectivity index (χ0) is 16.9. The molecule has 6 nitrogen and oxygen atoms in total. The number of nitrogens with zero attached hydrogens (tertiary/aromatic N) is 4. The van der Waals surface area contributed by atoms with E-state index in [-0.39, 0.29) is 0 Å². The van der Waals surface area contributed by atoms with Crippen molar-refractivity contribution in [3.05, 3.63) is 60.5 Å². The predicted octanol–water partition coefficient (Wildman–Crippen LogP) is 3.67. The van der Waals surface area contributed by atoms with Gasteiger partial charge in [-0.05, 0) is 11.6 Å². The third-order valence-corrected chi connectivity index (χ3v) is 4.61. The Morgan fingerprint density at radius 1 is 0.840 bits per heavy atom. The van der Waals surface area contributed by atoms with E-state index in [0.717, 1.165) is 21.6 Å². The van der Waals surface area contributed by atoms with Crippen LogP contribution in [0.5, 0.6) is 0 Å². The quantitative estimate of drug-likeness (QED) is 0.518. The monoisotopic (exact) mass is 348 g/mol. The van der Waals surface area contributed by atoms with Crippen LogP contribution in [0.4, 0.5) is 11.8 Å². The molecule has 124 valence electrons. The zero-order valence-corrected chi connectivity index (χ0v) is 14.2. The molecule has 4 rings (SSSR count). The second-order valence-electron chi connectivity index (χ2n) is 5.34. The Labute approximate surface area is 149 Å². The molecule has 0 radical (unpaired) electrons. The molecule has 0 aliphatic heterocycles. The molecule has 0 fully saturated rings. The second kappa shape index (κ2) is 7.23. The molecule has 3 heterocycles. The van der Waals surface area contributed by atoms with Gasteiger partial charge in [0.25, 0.3) is 0 Å². The Kier molecular flexibility index (Phi) is 4.47. The van der Waals surface area contributed by atoms with Gasteiger partial charge in [-0.1, -0.05) is 30.3 Å². The summed E-state index contributed by atoms with van der Waals surface area (Å²) in [5.74, 6) is 1.47. The van der Waals surface area contributed by atoms with Crippen molar-refractivity contribution < 1.29 is 0 Å². The number of fused-ring (bicyclic) bond motifs is 1. The number of aromatic nitrogens is 4. The van der Waals surface area contributed by atoms with Gasteiger partial charge in [-0.3, -0.25) is 0 Å². The molecule has 0 saturated heterocycles. The Balaban J connectivity index is 1.52. The zero-order valence-electron chi connectivity index (χ0n) is 13.4. The molecule has 0 amide bonds. The SMILES string of the molecule is c1ccc(-c2csc3ncnc(NCCNc4ncccn4)c23)cc1. The van der Waals surface area contributed by atoms with E-state index in [4.69, 9.17) is 0 Å². The number of hydrogen-bond acceptors (Lipinski definition) is 7. The molecule has 2 N–H and O–H groups in total. The summed E-state index contributed by atoms with van der Waals surface area (Å²) in [4.78, 5) is 18.1. The number of anilines is 2. The molecule has 0 aliphatic rings.